The first-order chi connectivity index (χ1) is 9.19. The minimum atomic E-state index is -3.82. The van der Waals surface area contributed by atoms with Gasteiger partial charge in [0.05, 0.1) is 11.4 Å². The van der Waals surface area contributed by atoms with Gasteiger partial charge in [-0.25, -0.2) is 8.42 Å². The van der Waals surface area contributed by atoms with Crippen LogP contribution in [0.5, 0.6) is 0 Å². The molecule has 0 fully saturated rings. The van der Waals surface area contributed by atoms with Gasteiger partial charge in [-0.3, -0.25) is 4.79 Å². The molecule has 20 heavy (non-hydrogen) atoms. The van der Waals surface area contributed by atoms with Crippen LogP contribution in [0.25, 0.3) is 0 Å². The number of carbonyl (C=O) groups excluding carboxylic acids is 1. The smallest absolute Gasteiger partial charge is 0.241 e. The maximum absolute atomic E-state index is 12.1. The van der Waals surface area contributed by atoms with Crippen molar-refractivity contribution in [2.75, 3.05) is 6.54 Å². The predicted molar refractivity (Wildman–Crippen MR) is 76.0 cm³/mol. The molecule has 7 heteroatoms. The lowest BCUT2D eigenvalue weighted by molar-refractivity contribution is -0.122. The van der Waals surface area contributed by atoms with E-state index in [1.165, 1.54) is 26.0 Å². The highest BCUT2D eigenvalue weighted by atomic mass is 32.2. The van der Waals surface area contributed by atoms with Gasteiger partial charge >= 0.3 is 0 Å². The number of hydrogen-bond acceptors (Lipinski definition) is 4. The summed E-state index contributed by atoms with van der Waals surface area (Å²) in [4.78, 5) is 11.2. The predicted octanol–water partition coefficient (Wildman–Crippen LogP) is -0.461. The van der Waals surface area contributed by atoms with E-state index in [2.05, 4.69) is 16.6 Å². The number of nitrogens with one attached hydrogen (secondary N) is 1. The molecular formula is C13H17N3O3S. The van der Waals surface area contributed by atoms with Crippen molar-refractivity contribution < 1.29 is 13.2 Å². The lowest BCUT2D eigenvalue weighted by Gasteiger charge is -2.21. The number of nitrogens with two attached hydrogens (primary N) is 2. The molecule has 5 N–H and O–H groups in total. The number of amides is 1. The van der Waals surface area contributed by atoms with Crippen molar-refractivity contribution in [3.63, 3.8) is 0 Å². The van der Waals surface area contributed by atoms with Gasteiger partial charge in [-0.2, -0.15) is 4.72 Å². The Morgan fingerprint density at radius 2 is 1.85 bits per heavy atom. The molecule has 0 aliphatic carbocycles. The van der Waals surface area contributed by atoms with Gasteiger partial charge in [0.2, 0.25) is 15.9 Å². The Bertz CT molecular complexity index is 652. The van der Waals surface area contributed by atoms with Crippen molar-refractivity contribution in [1.29, 1.82) is 0 Å². The Balaban J connectivity index is 3.02. The average molecular weight is 295 g/mol. The van der Waals surface area contributed by atoms with Gasteiger partial charge < -0.3 is 11.5 Å². The number of benzene rings is 1. The zero-order chi connectivity index (χ0) is 15.4. The minimum absolute atomic E-state index is 0.0325. The van der Waals surface area contributed by atoms with Crippen LogP contribution in [0.4, 0.5) is 0 Å². The molecule has 0 aromatic heterocycles. The molecule has 1 amide bonds. The molecule has 1 aromatic carbocycles. The normalized spacial score (nSPS) is 11.6. The Hall–Kier alpha value is -1.88. The number of carbonyl (C=O) groups is 1. The highest BCUT2D eigenvalue weighted by Crippen LogP contribution is 2.13. The van der Waals surface area contributed by atoms with Gasteiger partial charge in [0.1, 0.15) is 5.54 Å². The first-order valence-electron chi connectivity index (χ1n) is 5.82. The van der Waals surface area contributed by atoms with E-state index in [9.17, 15) is 13.2 Å². The van der Waals surface area contributed by atoms with Crippen LogP contribution in [-0.2, 0) is 14.8 Å². The molecule has 0 heterocycles. The van der Waals surface area contributed by atoms with E-state index < -0.39 is 21.5 Å². The van der Waals surface area contributed by atoms with Gasteiger partial charge in [0.15, 0.2) is 0 Å². The average Bonchev–Trinajstić information content (AvgIpc) is 2.35. The highest BCUT2D eigenvalue weighted by molar-refractivity contribution is 7.89. The van der Waals surface area contributed by atoms with E-state index >= 15 is 0 Å². The zero-order valence-corrected chi connectivity index (χ0v) is 12.1. The Kier molecular flexibility index (Phi) is 4.89. The Morgan fingerprint density at radius 3 is 2.30 bits per heavy atom. The molecule has 0 saturated heterocycles. The molecule has 0 aliphatic rings. The monoisotopic (exact) mass is 295 g/mol. The molecule has 0 radical (unpaired) electrons. The van der Waals surface area contributed by atoms with Crippen LogP contribution in [0.2, 0.25) is 0 Å². The summed E-state index contributed by atoms with van der Waals surface area (Å²) in [6.45, 7) is 3.02. The second-order valence-corrected chi connectivity index (χ2v) is 6.31. The summed E-state index contributed by atoms with van der Waals surface area (Å²) in [5.41, 5.74) is 9.68. The van der Waals surface area contributed by atoms with E-state index in [0.717, 1.165) is 0 Å². The molecule has 0 saturated carbocycles. The van der Waals surface area contributed by atoms with Crippen LogP contribution >= 0.6 is 0 Å². The molecule has 0 spiro atoms. The minimum Gasteiger partial charge on any atom is -0.368 e. The van der Waals surface area contributed by atoms with Crippen molar-refractivity contribution in [2.45, 2.75) is 24.3 Å². The zero-order valence-electron chi connectivity index (χ0n) is 11.3. The summed E-state index contributed by atoms with van der Waals surface area (Å²) in [7, 11) is -3.82. The molecule has 1 rings (SSSR count). The van der Waals surface area contributed by atoms with E-state index in [1.807, 2.05) is 0 Å². The van der Waals surface area contributed by atoms with E-state index in [-0.39, 0.29) is 11.4 Å². The quantitative estimate of drug-likeness (QED) is 0.652. The molecule has 0 aliphatic heterocycles. The molecule has 108 valence electrons. The van der Waals surface area contributed by atoms with Gasteiger partial charge in [-0.15, -0.1) is 0 Å². The van der Waals surface area contributed by atoms with Crippen LogP contribution in [0.15, 0.2) is 29.2 Å². The fourth-order valence-corrected chi connectivity index (χ4v) is 2.70. The van der Waals surface area contributed by atoms with E-state index in [1.54, 1.807) is 12.1 Å². The number of primary amides is 1. The van der Waals surface area contributed by atoms with Crippen molar-refractivity contribution in [1.82, 2.24) is 4.72 Å². The van der Waals surface area contributed by atoms with Gasteiger partial charge in [-0.1, -0.05) is 11.8 Å². The second kappa shape index (κ2) is 6.05. The molecule has 1 aromatic rings. The van der Waals surface area contributed by atoms with Crippen molar-refractivity contribution in [3.8, 4) is 11.8 Å². The van der Waals surface area contributed by atoms with E-state index in [0.29, 0.717) is 5.56 Å². The third-order valence-corrected chi connectivity index (χ3v) is 4.18. The Morgan fingerprint density at radius 1 is 1.30 bits per heavy atom. The highest BCUT2D eigenvalue weighted by Gasteiger charge is 2.31. The third-order valence-electron chi connectivity index (χ3n) is 2.50. The third kappa shape index (κ3) is 4.06. The first kappa shape index (κ1) is 16.2. The standard InChI is InChI=1S/C13H17N3O3S/c1-13(2,12(15)17)16-20(18,19)11-7-5-10(6-8-11)4-3-9-14/h5-8,16H,9,14H2,1-2H3,(H2,15,17). The van der Waals surface area contributed by atoms with Crippen LogP contribution in [0, 0.1) is 11.8 Å². The largest absolute Gasteiger partial charge is 0.368 e. The van der Waals surface area contributed by atoms with Gasteiger partial charge in [0, 0.05) is 5.56 Å². The SMILES string of the molecule is CC(C)(NS(=O)(=O)c1ccc(C#CCN)cc1)C(N)=O. The van der Waals surface area contributed by atoms with Gasteiger partial charge in [-0.05, 0) is 38.1 Å². The van der Waals surface area contributed by atoms with E-state index in [4.69, 9.17) is 11.5 Å². The fraction of sp³-hybridized carbons (Fsp3) is 0.308. The summed E-state index contributed by atoms with van der Waals surface area (Å²) < 4.78 is 26.5. The van der Waals surface area contributed by atoms with Crippen molar-refractivity contribution in [3.05, 3.63) is 29.8 Å². The fourth-order valence-electron chi connectivity index (χ4n) is 1.32. The number of rotatable bonds is 4. The van der Waals surface area contributed by atoms with Crippen molar-refractivity contribution >= 4 is 15.9 Å². The number of hydrogen-bond donors (Lipinski definition) is 3. The number of sulfonamides is 1. The molecule has 0 atom stereocenters. The molecule has 0 unspecified atom stereocenters. The summed E-state index contributed by atoms with van der Waals surface area (Å²) in [6.07, 6.45) is 0. The summed E-state index contributed by atoms with van der Waals surface area (Å²) in [5, 5.41) is 0. The lowest BCUT2D eigenvalue weighted by atomic mass is 10.1. The second-order valence-electron chi connectivity index (χ2n) is 4.63. The van der Waals surface area contributed by atoms with Crippen molar-refractivity contribution in [2.24, 2.45) is 11.5 Å². The maximum Gasteiger partial charge on any atom is 0.241 e. The van der Waals surface area contributed by atoms with Crippen LogP contribution in [0.3, 0.4) is 0 Å². The summed E-state index contributed by atoms with van der Waals surface area (Å²) >= 11 is 0. The summed E-state index contributed by atoms with van der Waals surface area (Å²) in [6, 6.07) is 5.93. The van der Waals surface area contributed by atoms with Crippen LogP contribution < -0.4 is 16.2 Å². The topological polar surface area (TPSA) is 115 Å². The van der Waals surface area contributed by atoms with Crippen LogP contribution in [0.1, 0.15) is 19.4 Å². The summed E-state index contributed by atoms with van der Waals surface area (Å²) in [5.74, 6) is 4.69. The molecule has 0 bridgehead atoms. The maximum atomic E-state index is 12.1. The van der Waals surface area contributed by atoms with Crippen LogP contribution in [-0.4, -0.2) is 26.4 Å². The lowest BCUT2D eigenvalue weighted by Crippen LogP contribution is -2.52. The molecule has 6 nitrogen and oxygen atoms in total. The van der Waals surface area contributed by atoms with Gasteiger partial charge in [0.25, 0.3) is 0 Å². The Labute approximate surface area is 118 Å². The molecular weight excluding hydrogens is 278 g/mol. The first-order valence-corrected chi connectivity index (χ1v) is 7.30.